The number of nitrogens with two attached hydrogens (primary N) is 1. The van der Waals surface area contributed by atoms with Crippen LogP contribution in [0.25, 0.3) is 0 Å². The molecular formula is C61H79FN12O7. The second-order valence-corrected chi connectivity index (χ2v) is 23.2. The molecule has 0 radical (unpaired) electrons. The van der Waals surface area contributed by atoms with Crippen molar-refractivity contribution in [2.75, 3.05) is 46.1 Å². The van der Waals surface area contributed by atoms with Crippen molar-refractivity contribution < 1.29 is 37.8 Å². The maximum atomic E-state index is 14.8. The lowest BCUT2D eigenvalue weighted by molar-refractivity contribution is -0.147. The minimum atomic E-state index is -1.15. The van der Waals surface area contributed by atoms with E-state index in [1.807, 2.05) is 58.0 Å². The van der Waals surface area contributed by atoms with Crippen molar-refractivity contribution >= 4 is 41.1 Å². The summed E-state index contributed by atoms with van der Waals surface area (Å²) in [6.07, 6.45) is 9.33. The number of rotatable bonds is 19. The second kappa shape index (κ2) is 25.9. The first-order valence-electron chi connectivity index (χ1n) is 28.5. The third kappa shape index (κ3) is 13.6. The van der Waals surface area contributed by atoms with E-state index in [2.05, 4.69) is 44.5 Å². The number of unbranched alkanes of at least 4 members (excludes halogenated alkanes) is 5. The number of hydrazone groups is 1. The van der Waals surface area contributed by atoms with Gasteiger partial charge in [0.15, 0.2) is 11.5 Å². The molecular weight excluding hydrogens is 1030 g/mol. The fourth-order valence-corrected chi connectivity index (χ4v) is 11.4. The number of halogens is 1. The van der Waals surface area contributed by atoms with Crippen LogP contribution in [0.2, 0.25) is 0 Å². The topological polar surface area (TPSA) is 250 Å². The van der Waals surface area contributed by atoms with E-state index in [1.165, 1.54) is 34.9 Å². The molecule has 2 bridgehead atoms. The van der Waals surface area contributed by atoms with Crippen LogP contribution in [-0.2, 0) is 44.0 Å². The minimum Gasteiger partial charge on any atom is -0.494 e. The molecule has 3 aliphatic heterocycles. The molecule has 19 nitrogen and oxygen atoms in total. The average Bonchev–Trinajstić information content (AvgIpc) is 4.03. The Balaban J connectivity index is 0.809. The van der Waals surface area contributed by atoms with Crippen LogP contribution in [0, 0.1) is 22.6 Å². The highest BCUT2D eigenvalue weighted by Crippen LogP contribution is 2.40. The van der Waals surface area contributed by atoms with E-state index < -0.39 is 46.9 Å². The van der Waals surface area contributed by atoms with E-state index in [4.69, 9.17) is 25.3 Å². The molecule has 7 atom stereocenters. The van der Waals surface area contributed by atoms with E-state index >= 15 is 0 Å². The fraction of sp³-hybridized carbons (Fsp3) is 0.525. The number of hydrogen-bond donors (Lipinski definition) is 5. The van der Waals surface area contributed by atoms with E-state index in [1.54, 1.807) is 37.9 Å². The number of nitrogens with zero attached hydrogens (tertiary/aromatic N) is 7. The summed E-state index contributed by atoms with van der Waals surface area (Å²) in [4.78, 5) is 81.7. The predicted molar refractivity (Wildman–Crippen MR) is 305 cm³/mol. The zero-order chi connectivity index (χ0) is 58.2. The van der Waals surface area contributed by atoms with Gasteiger partial charge in [0.25, 0.3) is 11.8 Å². The number of likely N-dealkylation sites (N-methyl/N-ethyl adjacent to an activating group) is 2. The van der Waals surface area contributed by atoms with Gasteiger partial charge in [0.2, 0.25) is 23.6 Å². The first-order chi connectivity index (χ1) is 38.7. The van der Waals surface area contributed by atoms with Crippen LogP contribution >= 0.6 is 0 Å². The van der Waals surface area contributed by atoms with Crippen molar-refractivity contribution in [2.24, 2.45) is 10.5 Å². The normalized spacial score (nSPS) is 21.2. The monoisotopic (exact) mass is 1110 g/mol. The van der Waals surface area contributed by atoms with Gasteiger partial charge in [0.1, 0.15) is 35.8 Å². The van der Waals surface area contributed by atoms with Crippen molar-refractivity contribution in [1.82, 2.24) is 46.0 Å². The van der Waals surface area contributed by atoms with Gasteiger partial charge in [-0.15, -0.1) is 0 Å². The standard InChI is InChI=1S/C61H79FN12O7/c1-37(65-7)55(76)70-53(60(3,4)5)59(79)73-35-41-30-43(25-23-40(41)31-48(73)56(77)68-47-21-17-19-39-18-14-15-20-44(39)47)80-29-16-12-10-9-11-13-22-52(75)66-27-28-74-51-36-72(8)58(78)45-26-24-42(62)32-46(45)38(2)81-57-54(64)67-34-50(69-57)61(51,6)49(33-63)71-74/h14-15,18,20,23-26,30,32,34,37-38,47-48,51,53,65H,9-13,16-17,19,21-22,27-29,31,35-36H2,1-8H3,(H2,64,67)(H,66,75)(H,68,77)(H,70,76)/t37-,38-,47?,48-,51?,53+,61?/m1/s1. The average molecular weight is 1110 g/mol. The first-order valence-corrected chi connectivity index (χ1v) is 28.5. The molecule has 0 fully saturated rings. The van der Waals surface area contributed by atoms with E-state index in [9.17, 15) is 33.6 Å². The van der Waals surface area contributed by atoms with Gasteiger partial charge in [-0.05, 0) is 118 Å². The fourth-order valence-electron chi connectivity index (χ4n) is 11.4. The number of hydrogen-bond acceptors (Lipinski definition) is 14. The van der Waals surface area contributed by atoms with Crippen molar-refractivity contribution in [3.8, 4) is 17.7 Å². The summed E-state index contributed by atoms with van der Waals surface area (Å²) in [6, 6.07) is 17.3. The highest BCUT2D eigenvalue weighted by molar-refractivity contribution is 6.08. The Morgan fingerprint density at radius 3 is 2.51 bits per heavy atom. The largest absolute Gasteiger partial charge is 0.494 e. The van der Waals surface area contributed by atoms with E-state index in [-0.39, 0.29) is 84.7 Å². The number of amides is 5. The molecule has 1 aliphatic carbocycles. The van der Waals surface area contributed by atoms with Crippen LogP contribution in [-0.4, -0.2) is 125 Å². The van der Waals surface area contributed by atoms with Crippen molar-refractivity contribution in [3.05, 3.63) is 112 Å². The highest BCUT2D eigenvalue weighted by atomic mass is 19.1. The summed E-state index contributed by atoms with van der Waals surface area (Å²) in [5.41, 5.74) is 9.67. The van der Waals surface area contributed by atoms with E-state index in [0.29, 0.717) is 42.9 Å². The van der Waals surface area contributed by atoms with Gasteiger partial charge in [0, 0.05) is 50.7 Å². The van der Waals surface area contributed by atoms with E-state index in [0.717, 1.165) is 68.1 Å². The van der Waals surface area contributed by atoms with Crippen molar-refractivity contribution in [1.29, 1.82) is 5.26 Å². The Labute approximate surface area is 475 Å². The number of aromatic nitrogens is 2. The maximum absolute atomic E-state index is 14.8. The molecule has 0 saturated heterocycles. The van der Waals surface area contributed by atoms with Gasteiger partial charge >= 0.3 is 0 Å². The SMILES string of the molecule is CN[C@H](C)C(=O)N[C@@H](C(=O)N1Cc2cc(OCCCCCCCCC(=O)NCCN3N=C(C#N)C4(C)c5cnc(N)c(n5)O[C@H](C)c5cc(F)ccc5C(=O)N(C)CC34)ccc2C[C@@H]1C(=O)NC1CCCc2ccccc21)C(C)(C)C. The number of carbonyl (C=O) groups is 5. The Bertz CT molecular complexity index is 3050. The number of carbonyl (C=O) groups excluding carboxylic acids is 5. The summed E-state index contributed by atoms with van der Waals surface area (Å²) < 4.78 is 26.9. The number of nitriles is 1. The molecule has 4 aliphatic rings. The molecule has 4 heterocycles. The van der Waals surface area contributed by atoms with Gasteiger partial charge < -0.3 is 46.3 Å². The highest BCUT2D eigenvalue weighted by Gasteiger charge is 2.52. The van der Waals surface area contributed by atoms with Crippen LogP contribution in [0.4, 0.5) is 10.2 Å². The van der Waals surface area contributed by atoms with Crippen LogP contribution in [0.1, 0.15) is 155 Å². The molecule has 81 heavy (non-hydrogen) atoms. The lowest BCUT2D eigenvalue weighted by Crippen LogP contribution is -2.62. The maximum Gasteiger partial charge on any atom is 0.258 e. The summed E-state index contributed by atoms with van der Waals surface area (Å²) in [5, 5.41) is 29.1. The Morgan fingerprint density at radius 2 is 1.75 bits per heavy atom. The number of benzene rings is 3. The molecule has 0 spiro atoms. The number of aryl methyl sites for hydroxylation is 1. The first kappa shape index (κ1) is 59.5. The Morgan fingerprint density at radius 1 is 1.00 bits per heavy atom. The van der Waals surface area contributed by atoms with Gasteiger partial charge in [-0.1, -0.05) is 76.8 Å². The molecule has 6 N–H and O–H groups in total. The molecule has 5 amide bonds. The number of nitrogen functional groups attached to an aromatic ring is 1. The van der Waals surface area contributed by atoms with Crippen LogP contribution < -0.4 is 36.5 Å². The third-order valence-electron chi connectivity index (χ3n) is 16.5. The molecule has 1 aromatic heterocycles. The molecule has 0 saturated carbocycles. The van der Waals surface area contributed by atoms with Gasteiger partial charge in [-0.25, -0.2) is 14.4 Å². The number of fused-ring (bicyclic) bond motifs is 7. The van der Waals surface area contributed by atoms with Crippen LogP contribution in [0.15, 0.2) is 72.0 Å². The zero-order valence-corrected chi connectivity index (χ0v) is 48.1. The summed E-state index contributed by atoms with van der Waals surface area (Å²) in [7, 11) is 3.33. The third-order valence-corrected chi connectivity index (χ3v) is 16.5. The molecule has 3 aromatic carbocycles. The lowest BCUT2D eigenvalue weighted by atomic mass is 9.75. The van der Waals surface area contributed by atoms with Gasteiger partial charge in [-0.3, -0.25) is 29.0 Å². The van der Waals surface area contributed by atoms with Crippen molar-refractivity contribution in [3.63, 3.8) is 0 Å². The Kier molecular flexibility index (Phi) is 19.0. The Hall–Kier alpha value is -7.66. The van der Waals surface area contributed by atoms with Crippen molar-refractivity contribution in [2.45, 2.75) is 160 Å². The molecule has 3 unspecified atom stereocenters. The number of anilines is 1. The van der Waals surface area contributed by atoms with Gasteiger partial charge in [-0.2, -0.15) is 10.4 Å². The zero-order valence-electron chi connectivity index (χ0n) is 48.1. The molecule has 432 valence electrons. The molecule has 20 heteroatoms. The number of nitrogens with one attached hydrogen (secondary N) is 4. The minimum absolute atomic E-state index is 0.00771. The lowest BCUT2D eigenvalue weighted by Gasteiger charge is -2.41. The summed E-state index contributed by atoms with van der Waals surface area (Å²) >= 11 is 0. The predicted octanol–water partition coefficient (Wildman–Crippen LogP) is 6.76. The van der Waals surface area contributed by atoms with Gasteiger partial charge in [0.05, 0.1) is 48.6 Å². The van der Waals surface area contributed by atoms with Crippen LogP contribution in [0.3, 0.4) is 0 Å². The smallest absolute Gasteiger partial charge is 0.258 e. The quantitative estimate of drug-likeness (QED) is 0.0610. The molecule has 8 rings (SSSR count). The van der Waals surface area contributed by atoms with Crippen LogP contribution in [0.5, 0.6) is 11.6 Å². The second-order valence-electron chi connectivity index (χ2n) is 23.2. The molecule has 4 aromatic rings. The number of ether oxygens (including phenoxy) is 2. The summed E-state index contributed by atoms with van der Waals surface area (Å²) in [5.74, 6) is -1.18. The summed E-state index contributed by atoms with van der Waals surface area (Å²) in [6.45, 7) is 12.2.